The van der Waals surface area contributed by atoms with Crippen LogP contribution in [0, 0.1) is 4.77 Å². The van der Waals surface area contributed by atoms with Crippen LogP contribution in [0.5, 0.6) is 0 Å². The number of piperazine rings is 1. The van der Waals surface area contributed by atoms with Crippen LogP contribution in [0.1, 0.15) is 30.1 Å². The summed E-state index contributed by atoms with van der Waals surface area (Å²) in [6.07, 6.45) is 2.44. The van der Waals surface area contributed by atoms with Crippen molar-refractivity contribution in [2.45, 2.75) is 32.0 Å². The average molecular weight is 406 g/mol. The minimum atomic E-state index is 0.556. The molecule has 0 amide bonds. The van der Waals surface area contributed by atoms with E-state index in [0.29, 0.717) is 5.92 Å². The second-order valence-corrected chi connectivity index (χ2v) is 8.47. The Kier molecular flexibility index (Phi) is 5.31. The lowest BCUT2D eigenvalue weighted by Crippen LogP contribution is -2.46. The van der Waals surface area contributed by atoms with Crippen LogP contribution in [-0.2, 0) is 13.2 Å². The molecule has 2 aromatic carbocycles. The zero-order chi connectivity index (χ0) is 19.6. The van der Waals surface area contributed by atoms with Crippen LogP contribution in [0.15, 0.2) is 60.7 Å². The van der Waals surface area contributed by atoms with Crippen molar-refractivity contribution in [3.05, 3.63) is 76.8 Å². The fourth-order valence-corrected chi connectivity index (χ4v) is 4.36. The van der Waals surface area contributed by atoms with Gasteiger partial charge in [-0.2, -0.15) is 5.10 Å². The summed E-state index contributed by atoms with van der Waals surface area (Å²) < 4.78 is 5.02. The second-order valence-electron chi connectivity index (χ2n) is 8.11. The van der Waals surface area contributed by atoms with E-state index in [9.17, 15) is 0 Å². The second kappa shape index (κ2) is 8.22. The molecule has 0 unspecified atom stereocenters. The van der Waals surface area contributed by atoms with Gasteiger partial charge in [-0.3, -0.25) is 14.4 Å². The Balaban J connectivity index is 1.28. The van der Waals surface area contributed by atoms with Gasteiger partial charge in [0, 0.05) is 44.3 Å². The Hall–Kier alpha value is -2.28. The molecule has 150 valence electrons. The molecule has 0 bridgehead atoms. The fourth-order valence-electron chi connectivity index (χ4n) is 4.06. The molecule has 1 aliphatic carbocycles. The van der Waals surface area contributed by atoms with Crippen molar-refractivity contribution in [2.24, 2.45) is 0 Å². The summed E-state index contributed by atoms with van der Waals surface area (Å²) in [5, 5.41) is 4.95. The third-order valence-corrected chi connectivity index (χ3v) is 6.26. The van der Waals surface area contributed by atoms with E-state index in [1.54, 1.807) is 0 Å². The van der Waals surface area contributed by atoms with Crippen LogP contribution >= 0.6 is 12.2 Å². The van der Waals surface area contributed by atoms with E-state index in [1.807, 2.05) is 10.7 Å². The van der Waals surface area contributed by atoms with E-state index in [-0.39, 0.29) is 0 Å². The standard InChI is InChI=1S/C23H27N5S/c29-23-27(24-22(20-11-12-20)28(23)21-9-5-2-6-10-21)18-26-15-13-25(14-16-26)17-19-7-3-1-4-8-19/h1-10,20H,11-18H2. The van der Waals surface area contributed by atoms with Crippen LogP contribution in [0.2, 0.25) is 0 Å². The Bertz CT molecular complexity index is 999. The maximum Gasteiger partial charge on any atom is 0.203 e. The minimum absolute atomic E-state index is 0.556. The normalized spacial score (nSPS) is 18.2. The van der Waals surface area contributed by atoms with E-state index in [4.69, 9.17) is 17.3 Å². The number of hydrogen-bond donors (Lipinski definition) is 0. The number of para-hydroxylation sites is 1. The van der Waals surface area contributed by atoms with Crippen molar-refractivity contribution in [2.75, 3.05) is 26.2 Å². The Morgan fingerprint density at radius 3 is 2.10 bits per heavy atom. The van der Waals surface area contributed by atoms with E-state index in [1.165, 1.54) is 18.4 Å². The molecule has 1 saturated carbocycles. The lowest BCUT2D eigenvalue weighted by Gasteiger charge is -2.34. The Morgan fingerprint density at radius 1 is 0.828 bits per heavy atom. The molecule has 2 aliphatic rings. The monoisotopic (exact) mass is 405 g/mol. The summed E-state index contributed by atoms with van der Waals surface area (Å²) in [5.41, 5.74) is 2.51. The van der Waals surface area contributed by atoms with Crippen LogP contribution in [-0.4, -0.2) is 50.3 Å². The summed E-state index contributed by atoms with van der Waals surface area (Å²) in [7, 11) is 0. The summed E-state index contributed by atoms with van der Waals surface area (Å²) in [6, 6.07) is 21.2. The first-order valence-corrected chi connectivity index (χ1v) is 10.9. The van der Waals surface area contributed by atoms with E-state index >= 15 is 0 Å². The number of nitrogens with zero attached hydrogens (tertiary/aromatic N) is 5. The predicted molar refractivity (Wildman–Crippen MR) is 118 cm³/mol. The van der Waals surface area contributed by atoms with Gasteiger partial charge in [0.25, 0.3) is 0 Å². The molecule has 5 nitrogen and oxygen atoms in total. The molecule has 5 rings (SSSR count). The van der Waals surface area contributed by atoms with Gasteiger partial charge in [0.2, 0.25) is 4.77 Å². The van der Waals surface area contributed by atoms with Crippen molar-refractivity contribution in [1.29, 1.82) is 0 Å². The zero-order valence-electron chi connectivity index (χ0n) is 16.7. The van der Waals surface area contributed by atoms with Gasteiger partial charge >= 0.3 is 0 Å². The van der Waals surface area contributed by atoms with E-state index in [2.05, 4.69) is 69.0 Å². The first kappa shape index (κ1) is 18.7. The Morgan fingerprint density at radius 2 is 1.45 bits per heavy atom. The lowest BCUT2D eigenvalue weighted by atomic mass is 10.2. The molecule has 0 N–H and O–H groups in total. The highest BCUT2D eigenvalue weighted by molar-refractivity contribution is 7.71. The quantitative estimate of drug-likeness (QED) is 0.579. The van der Waals surface area contributed by atoms with Gasteiger partial charge in [-0.15, -0.1) is 0 Å². The molecule has 0 atom stereocenters. The molecule has 29 heavy (non-hydrogen) atoms. The number of benzene rings is 2. The van der Waals surface area contributed by atoms with Gasteiger partial charge < -0.3 is 0 Å². The highest BCUT2D eigenvalue weighted by Crippen LogP contribution is 2.40. The number of aromatic nitrogens is 3. The number of hydrogen-bond acceptors (Lipinski definition) is 4. The van der Waals surface area contributed by atoms with Gasteiger partial charge in [-0.05, 0) is 42.8 Å². The van der Waals surface area contributed by atoms with Gasteiger partial charge in [-0.1, -0.05) is 48.5 Å². The van der Waals surface area contributed by atoms with Crippen molar-refractivity contribution < 1.29 is 0 Å². The van der Waals surface area contributed by atoms with Gasteiger partial charge in [0.05, 0.1) is 6.67 Å². The van der Waals surface area contributed by atoms with Gasteiger partial charge in [0.15, 0.2) is 0 Å². The summed E-state index contributed by atoms with van der Waals surface area (Å²) >= 11 is 5.85. The molecule has 6 heteroatoms. The highest BCUT2D eigenvalue weighted by atomic mass is 32.1. The molecular formula is C23H27N5S. The largest absolute Gasteiger partial charge is 0.297 e. The molecular weight excluding hydrogens is 378 g/mol. The summed E-state index contributed by atoms with van der Waals surface area (Å²) in [5.74, 6) is 1.68. The van der Waals surface area contributed by atoms with E-state index in [0.717, 1.165) is 55.7 Å². The van der Waals surface area contributed by atoms with Crippen molar-refractivity contribution in [3.8, 4) is 5.69 Å². The van der Waals surface area contributed by atoms with Crippen molar-refractivity contribution >= 4 is 12.2 Å². The van der Waals surface area contributed by atoms with Crippen LogP contribution in [0.3, 0.4) is 0 Å². The molecule has 1 aliphatic heterocycles. The first-order chi connectivity index (χ1) is 14.3. The molecule has 1 saturated heterocycles. The average Bonchev–Trinajstić information content (AvgIpc) is 3.56. The van der Waals surface area contributed by atoms with E-state index < -0.39 is 0 Å². The summed E-state index contributed by atoms with van der Waals surface area (Å²) in [4.78, 5) is 5.00. The zero-order valence-corrected chi connectivity index (χ0v) is 17.5. The third kappa shape index (κ3) is 4.20. The highest BCUT2D eigenvalue weighted by Gasteiger charge is 2.31. The van der Waals surface area contributed by atoms with Crippen LogP contribution in [0.4, 0.5) is 0 Å². The van der Waals surface area contributed by atoms with Crippen LogP contribution < -0.4 is 0 Å². The number of rotatable bonds is 6. The Labute approximate surface area is 177 Å². The maximum atomic E-state index is 5.85. The lowest BCUT2D eigenvalue weighted by molar-refractivity contribution is 0.0980. The van der Waals surface area contributed by atoms with Gasteiger partial charge in [0.1, 0.15) is 5.82 Å². The van der Waals surface area contributed by atoms with Gasteiger partial charge in [-0.25, -0.2) is 4.68 Å². The first-order valence-electron chi connectivity index (χ1n) is 10.5. The molecule has 0 spiro atoms. The molecule has 2 heterocycles. The maximum absolute atomic E-state index is 5.85. The summed E-state index contributed by atoms with van der Waals surface area (Å²) in [6.45, 7) is 6.06. The predicted octanol–water partition coefficient (Wildman–Crippen LogP) is 4.06. The van der Waals surface area contributed by atoms with Crippen molar-refractivity contribution in [1.82, 2.24) is 24.1 Å². The minimum Gasteiger partial charge on any atom is -0.297 e. The molecule has 0 radical (unpaired) electrons. The van der Waals surface area contributed by atoms with Crippen LogP contribution in [0.25, 0.3) is 5.69 Å². The third-order valence-electron chi connectivity index (χ3n) is 5.87. The SMILES string of the molecule is S=c1n(CN2CCN(Cc3ccccc3)CC2)nc(C2CC2)n1-c1ccccc1. The smallest absolute Gasteiger partial charge is 0.203 e. The molecule has 1 aromatic heterocycles. The van der Waals surface area contributed by atoms with Crippen molar-refractivity contribution in [3.63, 3.8) is 0 Å². The molecule has 2 fully saturated rings. The fraction of sp³-hybridized carbons (Fsp3) is 0.391. The topological polar surface area (TPSA) is 29.2 Å². The molecule has 3 aromatic rings.